The Labute approximate surface area is 144 Å². The molecule has 0 aliphatic carbocycles. The van der Waals surface area contributed by atoms with E-state index in [9.17, 15) is 4.21 Å². The van der Waals surface area contributed by atoms with Gasteiger partial charge in [-0.05, 0) is 36.8 Å². The third-order valence-electron chi connectivity index (χ3n) is 3.62. The maximum Gasteiger partial charge on any atom is 0.207 e. The Morgan fingerprint density at radius 3 is 2.62 bits per heavy atom. The zero-order chi connectivity index (χ0) is 16.9. The number of hydrogen-bond donors (Lipinski definition) is 0. The van der Waals surface area contributed by atoms with Crippen molar-refractivity contribution in [3.63, 3.8) is 0 Å². The first-order valence-electron chi connectivity index (χ1n) is 7.63. The zero-order valence-corrected chi connectivity index (χ0v) is 14.5. The number of rotatable bonds is 6. The van der Waals surface area contributed by atoms with Crippen LogP contribution in [-0.4, -0.2) is 16.3 Å². The van der Waals surface area contributed by atoms with Crippen LogP contribution in [0.2, 0.25) is 0 Å². The first-order valence-corrected chi connectivity index (χ1v) is 9.12. The summed E-state index contributed by atoms with van der Waals surface area (Å²) in [4.78, 5) is 4.24. The molecule has 0 radical (unpaired) electrons. The summed E-state index contributed by atoms with van der Waals surface area (Å²) in [6.07, 6.45) is 1.67. The number of hydrogen-bond acceptors (Lipinski definition) is 4. The SMILES string of the molecule is COc1ccc(-c2cnc(CS(=O)Cc3cccc(C)c3)o2)cc1. The smallest absolute Gasteiger partial charge is 0.207 e. The fraction of sp³-hybridized carbons (Fsp3) is 0.211. The summed E-state index contributed by atoms with van der Waals surface area (Å²) in [6.45, 7) is 2.03. The molecule has 0 aliphatic heterocycles. The maximum atomic E-state index is 12.3. The van der Waals surface area contributed by atoms with Gasteiger partial charge in [-0.25, -0.2) is 4.98 Å². The molecule has 0 amide bonds. The predicted molar refractivity (Wildman–Crippen MR) is 95.2 cm³/mol. The molecule has 1 atom stereocenters. The Morgan fingerprint density at radius 1 is 1.12 bits per heavy atom. The number of benzene rings is 2. The summed E-state index contributed by atoms with van der Waals surface area (Å²) in [7, 11) is 0.575. The van der Waals surface area contributed by atoms with E-state index < -0.39 is 10.8 Å². The van der Waals surface area contributed by atoms with E-state index in [1.54, 1.807) is 13.3 Å². The van der Waals surface area contributed by atoms with Crippen LogP contribution in [-0.2, 0) is 22.3 Å². The van der Waals surface area contributed by atoms with Gasteiger partial charge in [0.15, 0.2) is 5.76 Å². The molecule has 3 rings (SSSR count). The van der Waals surface area contributed by atoms with Gasteiger partial charge in [0.1, 0.15) is 11.5 Å². The van der Waals surface area contributed by atoms with E-state index in [1.807, 2.05) is 49.4 Å². The molecule has 24 heavy (non-hydrogen) atoms. The van der Waals surface area contributed by atoms with Crippen LogP contribution in [0.5, 0.6) is 5.75 Å². The van der Waals surface area contributed by atoms with Crippen LogP contribution in [0.15, 0.2) is 59.1 Å². The average Bonchev–Trinajstić information content (AvgIpc) is 3.03. The quantitative estimate of drug-likeness (QED) is 0.677. The number of methoxy groups -OCH3 is 1. The molecule has 1 heterocycles. The molecular weight excluding hydrogens is 322 g/mol. The maximum absolute atomic E-state index is 12.3. The second kappa shape index (κ2) is 7.45. The Balaban J connectivity index is 1.65. The van der Waals surface area contributed by atoms with E-state index >= 15 is 0 Å². The molecule has 3 aromatic rings. The lowest BCUT2D eigenvalue weighted by atomic mass is 10.2. The summed E-state index contributed by atoms with van der Waals surface area (Å²) >= 11 is 0. The standard InChI is InChI=1S/C19H19NO3S/c1-14-4-3-5-15(10-14)12-24(21)13-19-20-11-18(23-19)16-6-8-17(22-2)9-7-16/h3-11H,12-13H2,1-2H3. The number of aromatic nitrogens is 1. The minimum Gasteiger partial charge on any atom is -0.497 e. The molecule has 0 bridgehead atoms. The number of nitrogens with zero attached hydrogens (tertiary/aromatic N) is 1. The Kier molecular flexibility index (Phi) is 5.11. The highest BCUT2D eigenvalue weighted by Gasteiger charge is 2.11. The molecule has 4 nitrogen and oxygen atoms in total. The minimum atomic E-state index is -1.05. The van der Waals surface area contributed by atoms with Crippen molar-refractivity contribution in [1.82, 2.24) is 4.98 Å². The Hall–Kier alpha value is -2.40. The summed E-state index contributed by atoms with van der Waals surface area (Å²) in [5.74, 6) is 2.76. The lowest BCUT2D eigenvalue weighted by Crippen LogP contribution is -1.99. The van der Waals surface area contributed by atoms with Crippen LogP contribution in [0, 0.1) is 6.92 Å². The molecule has 0 fully saturated rings. The fourth-order valence-electron chi connectivity index (χ4n) is 2.44. The highest BCUT2D eigenvalue weighted by atomic mass is 32.2. The third kappa shape index (κ3) is 4.11. The van der Waals surface area contributed by atoms with E-state index in [0.29, 0.717) is 23.2 Å². The topological polar surface area (TPSA) is 52.3 Å². The van der Waals surface area contributed by atoms with Crippen molar-refractivity contribution in [2.45, 2.75) is 18.4 Å². The van der Waals surface area contributed by atoms with Gasteiger partial charge in [0.2, 0.25) is 5.89 Å². The number of oxazole rings is 1. The third-order valence-corrected chi connectivity index (χ3v) is 4.85. The fourth-order valence-corrected chi connectivity index (χ4v) is 3.50. The van der Waals surface area contributed by atoms with Gasteiger partial charge < -0.3 is 9.15 Å². The van der Waals surface area contributed by atoms with E-state index in [2.05, 4.69) is 11.1 Å². The molecule has 1 unspecified atom stereocenters. The molecule has 0 aliphatic rings. The van der Waals surface area contributed by atoms with Gasteiger partial charge in [0.25, 0.3) is 0 Å². The van der Waals surface area contributed by atoms with Crippen LogP contribution < -0.4 is 4.74 Å². The summed E-state index contributed by atoms with van der Waals surface area (Å²) < 4.78 is 23.2. The molecule has 0 saturated heterocycles. The van der Waals surface area contributed by atoms with Crippen molar-refractivity contribution in [3.8, 4) is 17.1 Å². The van der Waals surface area contributed by atoms with E-state index in [-0.39, 0.29) is 0 Å². The molecule has 0 N–H and O–H groups in total. The zero-order valence-electron chi connectivity index (χ0n) is 13.7. The van der Waals surface area contributed by atoms with Gasteiger partial charge >= 0.3 is 0 Å². The molecule has 0 saturated carbocycles. The monoisotopic (exact) mass is 341 g/mol. The lowest BCUT2D eigenvalue weighted by molar-refractivity contribution is 0.415. The Bertz CT molecular complexity index is 840. The molecule has 5 heteroatoms. The van der Waals surface area contributed by atoms with Crippen LogP contribution in [0.4, 0.5) is 0 Å². The van der Waals surface area contributed by atoms with Crippen molar-refractivity contribution in [2.24, 2.45) is 0 Å². The van der Waals surface area contributed by atoms with Crippen LogP contribution >= 0.6 is 0 Å². The van der Waals surface area contributed by atoms with Crippen LogP contribution in [0.1, 0.15) is 17.0 Å². The van der Waals surface area contributed by atoms with Gasteiger partial charge in [-0.1, -0.05) is 29.8 Å². The first-order chi connectivity index (χ1) is 11.6. The normalized spacial score (nSPS) is 12.1. The van der Waals surface area contributed by atoms with Gasteiger partial charge in [-0.3, -0.25) is 4.21 Å². The van der Waals surface area contributed by atoms with Crippen molar-refractivity contribution in [3.05, 3.63) is 71.7 Å². The summed E-state index contributed by atoms with van der Waals surface area (Å²) in [6, 6.07) is 15.6. The average molecular weight is 341 g/mol. The van der Waals surface area contributed by atoms with Gasteiger partial charge in [0.05, 0.1) is 13.3 Å². The molecule has 124 valence electrons. The lowest BCUT2D eigenvalue weighted by Gasteiger charge is -2.02. The highest BCUT2D eigenvalue weighted by molar-refractivity contribution is 7.83. The Morgan fingerprint density at radius 2 is 1.92 bits per heavy atom. The highest BCUT2D eigenvalue weighted by Crippen LogP contribution is 2.23. The van der Waals surface area contributed by atoms with Gasteiger partial charge in [0, 0.05) is 22.1 Å². The largest absolute Gasteiger partial charge is 0.497 e. The second-order valence-electron chi connectivity index (χ2n) is 5.56. The first kappa shape index (κ1) is 16.5. The molecule has 1 aromatic heterocycles. The van der Waals surface area contributed by atoms with Crippen LogP contribution in [0.3, 0.4) is 0 Å². The van der Waals surface area contributed by atoms with E-state index in [1.165, 1.54) is 5.56 Å². The van der Waals surface area contributed by atoms with Crippen molar-refractivity contribution >= 4 is 10.8 Å². The van der Waals surface area contributed by atoms with Crippen molar-refractivity contribution in [2.75, 3.05) is 7.11 Å². The van der Waals surface area contributed by atoms with Crippen molar-refractivity contribution < 1.29 is 13.4 Å². The summed E-state index contributed by atoms with van der Waals surface area (Å²) in [5.41, 5.74) is 3.15. The predicted octanol–water partition coefficient (Wildman–Crippen LogP) is 4.11. The molecular formula is C19H19NO3S. The van der Waals surface area contributed by atoms with E-state index in [4.69, 9.17) is 9.15 Å². The molecule has 0 spiro atoms. The minimum absolute atomic E-state index is 0.310. The summed E-state index contributed by atoms with van der Waals surface area (Å²) in [5, 5.41) is 0. The molecule has 2 aromatic carbocycles. The van der Waals surface area contributed by atoms with E-state index in [0.717, 1.165) is 16.9 Å². The van der Waals surface area contributed by atoms with Gasteiger partial charge in [-0.15, -0.1) is 0 Å². The number of ether oxygens (including phenoxy) is 1. The van der Waals surface area contributed by atoms with Crippen molar-refractivity contribution in [1.29, 1.82) is 0 Å². The second-order valence-corrected chi connectivity index (χ2v) is 7.02. The number of aryl methyl sites for hydroxylation is 1. The van der Waals surface area contributed by atoms with Crippen LogP contribution in [0.25, 0.3) is 11.3 Å². The van der Waals surface area contributed by atoms with Gasteiger partial charge in [-0.2, -0.15) is 0 Å².